The fourth-order valence-corrected chi connectivity index (χ4v) is 1.94. The quantitative estimate of drug-likeness (QED) is 0.794. The minimum absolute atomic E-state index is 0.307. The molecule has 0 radical (unpaired) electrons. The second-order valence-electron chi connectivity index (χ2n) is 3.67. The highest BCUT2D eigenvalue weighted by molar-refractivity contribution is 6.32. The van der Waals surface area contributed by atoms with Gasteiger partial charge in [-0.15, -0.1) is 11.6 Å². The molecule has 0 aliphatic rings. The first-order valence-corrected chi connectivity index (χ1v) is 6.07. The van der Waals surface area contributed by atoms with Crippen LogP contribution < -0.4 is 4.90 Å². The Morgan fingerprint density at radius 3 is 2.82 bits per heavy atom. The Morgan fingerprint density at radius 1 is 1.35 bits per heavy atom. The lowest BCUT2D eigenvalue weighted by atomic mass is 10.3. The first kappa shape index (κ1) is 12.3. The molecular weight excluding hydrogens is 259 g/mol. The molecule has 0 N–H and O–H groups in total. The maximum atomic E-state index is 5.96. The van der Waals surface area contributed by atoms with Crippen LogP contribution in [0, 0.1) is 0 Å². The Balaban J connectivity index is 2.16. The lowest BCUT2D eigenvalue weighted by Gasteiger charge is -2.17. The van der Waals surface area contributed by atoms with Gasteiger partial charge in [0.15, 0.2) is 0 Å². The van der Waals surface area contributed by atoms with Crippen LogP contribution in [0.1, 0.15) is 11.5 Å². The summed E-state index contributed by atoms with van der Waals surface area (Å²) < 4.78 is 5.28. The number of rotatable bonds is 4. The van der Waals surface area contributed by atoms with Gasteiger partial charge in [-0.1, -0.05) is 11.6 Å². The highest BCUT2D eigenvalue weighted by Crippen LogP contribution is 2.21. The smallest absolute Gasteiger partial charge is 0.129 e. The summed E-state index contributed by atoms with van der Waals surface area (Å²) in [5.74, 6) is 2.01. The van der Waals surface area contributed by atoms with Gasteiger partial charge < -0.3 is 9.32 Å². The predicted molar refractivity (Wildman–Crippen MR) is 69.6 cm³/mol. The Morgan fingerprint density at radius 2 is 2.18 bits per heavy atom. The molecule has 0 fully saturated rings. The monoisotopic (exact) mass is 270 g/mol. The van der Waals surface area contributed by atoms with E-state index >= 15 is 0 Å². The second kappa shape index (κ2) is 5.43. The van der Waals surface area contributed by atoms with Crippen LogP contribution in [0.5, 0.6) is 0 Å². The maximum absolute atomic E-state index is 5.96. The zero-order valence-corrected chi connectivity index (χ0v) is 10.9. The van der Waals surface area contributed by atoms with Crippen LogP contribution >= 0.6 is 23.2 Å². The van der Waals surface area contributed by atoms with Gasteiger partial charge >= 0.3 is 0 Å². The van der Waals surface area contributed by atoms with E-state index in [1.54, 1.807) is 12.3 Å². The SMILES string of the molecule is CN(Cc1ccco1)c1ccc(Cl)c(CCl)n1. The Labute approximate surface area is 110 Å². The van der Waals surface area contributed by atoms with Crippen molar-refractivity contribution in [3.8, 4) is 0 Å². The van der Waals surface area contributed by atoms with E-state index in [1.165, 1.54) is 0 Å². The molecule has 2 aromatic heterocycles. The number of aromatic nitrogens is 1. The Hall–Kier alpha value is -1.19. The molecule has 0 amide bonds. The summed E-state index contributed by atoms with van der Waals surface area (Å²) in [6.07, 6.45) is 1.66. The number of hydrogen-bond donors (Lipinski definition) is 0. The minimum Gasteiger partial charge on any atom is -0.467 e. The molecule has 2 rings (SSSR count). The van der Waals surface area contributed by atoms with Crippen LogP contribution in [0.4, 0.5) is 5.82 Å². The molecule has 0 aliphatic heterocycles. The summed E-state index contributed by atoms with van der Waals surface area (Å²) in [5, 5.41) is 0.593. The van der Waals surface area contributed by atoms with E-state index in [1.807, 2.05) is 30.1 Å². The van der Waals surface area contributed by atoms with Crippen molar-refractivity contribution in [2.75, 3.05) is 11.9 Å². The van der Waals surface area contributed by atoms with Crippen LogP contribution in [0.15, 0.2) is 34.9 Å². The molecule has 0 spiro atoms. The first-order valence-electron chi connectivity index (χ1n) is 5.15. The van der Waals surface area contributed by atoms with Gasteiger partial charge in [-0.3, -0.25) is 0 Å². The summed E-state index contributed by atoms with van der Waals surface area (Å²) in [4.78, 5) is 6.37. The molecule has 0 unspecified atom stereocenters. The fourth-order valence-electron chi connectivity index (χ4n) is 1.50. The summed E-state index contributed by atoms with van der Waals surface area (Å²) in [6.45, 7) is 0.656. The normalized spacial score (nSPS) is 10.5. The highest BCUT2D eigenvalue weighted by Gasteiger charge is 2.08. The van der Waals surface area contributed by atoms with Crippen molar-refractivity contribution in [1.82, 2.24) is 4.98 Å². The predicted octanol–water partition coefficient (Wildman–Crippen LogP) is 3.70. The van der Waals surface area contributed by atoms with Gasteiger partial charge in [-0.2, -0.15) is 0 Å². The molecule has 3 nitrogen and oxygen atoms in total. The molecule has 90 valence electrons. The average molecular weight is 271 g/mol. The summed E-state index contributed by atoms with van der Waals surface area (Å²) in [7, 11) is 1.94. The van der Waals surface area contributed by atoms with Gasteiger partial charge in [0.05, 0.1) is 29.4 Å². The van der Waals surface area contributed by atoms with Crippen molar-refractivity contribution < 1.29 is 4.42 Å². The Bertz CT molecular complexity index is 485. The lowest BCUT2D eigenvalue weighted by Crippen LogP contribution is -2.17. The van der Waals surface area contributed by atoms with Crippen molar-refractivity contribution in [1.29, 1.82) is 0 Å². The Kier molecular flexibility index (Phi) is 3.92. The number of alkyl halides is 1. The van der Waals surface area contributed by atoms with E-state index in [2.05, 4.69) is 4.98 Å². The summed E-state index contributed by atoms with van der Waals surface area (Å²) in [6, 6.07) is 7.46. The third-order valence-electron chi connectivity index (χ3n) is 2.39. The molecular formula is C12H12Cl2N2O. The maximum Gasteiger partial charge on any atom is 0.129 e. The molecule has 0 aromatic carbocycles. The molecule has 5 heteroatoms. The topological polar surface area (TPSA) is 29.3 Å². The van der Waals surface area contributed by atoms with E-state index < -0.39 is 0 Å². The van der Waals surface area contributed by atoms with Crippen molar-refractivity contribution in [2.45, 2.75) is 12.4 Å². The fraction of sp³-hybridized carbons (Fsp3) is 0.250. The first-order chi connectivity index (χ1) is 8.20. The van der Waals surface area contributed by atoms with Crippen LogP contribution in [0.2, 0.25) is 5.02 Å². The molecule has 2 aromatic rings. The molecule has 0 aliphatic carbocycles. The van der Waals surface area contributed by atoms with Gasteiger partial charge in [0.1, 0.15) is 11.6 Å². The van der Waals surface area contributed by atoms with Gasteiger partial charge in [0, 0.05) is 7.05 Å². The van der Waals surface area contributed by atoms with Crippen LogP contribution in [-0.4, -0.2) is 12.0 Å². The van der Waals surface area contributed by atoms with Crippen molar-refractivity contribution >= 4 is 29.0 Å². The molecule has 2 heterocycles. The van der Waals surface area contributed by atoms with Gasteiger partial charge in [0.25, 0.3) is 0 Å². The average Bonchev–Trinajstić information content (AvgIpc) is 2.82. The highest BCUT2D eigenvalue weighted by atomic mass is 35.5. The van der Waals surface area contributed by atoms with Crippen molar-refractivity contribution in [3.63, 3.8) is 0 Å². The summed E-state index contributed by atoms with van der Waals surface area (Å²) in [5.41, 5.74) is 0.692. The second-order valence-corrected chi connectivity index (χ2v) is 4.34. The van der Waals surface area contributed by atoms with Crippen LogP contribution in [0.3, 0.4) is 0 Å². The zero-order chi connectivity index (χ0) is 12.3. The number of halogens is 2. The number of pyridine rings is 1. The van der Waals surface area contributed by atoms with Crippen molar-refractivity contribution in [2.24, 2.45) is 0 Å². The van der Waals surface area contributed by atoms with Crippen LogP contribution in [-0.2, 0) is 12.4 Å². The molecule has 0 saturated carbocycles. The number of nitrogens with zero attached hydrogens (tertiary/aromatic N) is 2. The van der Waals surface area contributed by atoms with E-state index in [0.717, 1.165) is 11.6 Å². The number of furan rings is 1. The lowest BCUT2D eigenvalue weighted by molar-refractivity contribution is 0.507. The van der Waals surface area contributed by atoms with Crippen molar-refractivity contribution in [3.05, 3.63) is 47.0 Å². The van der Waals surface area contributed by atoms with E-state index in [4.69, 9.17) is 27.6 Å². The zero-order valence-electron chi connectivity index (χ0n) is 9.36. The van der Waals surface area contributed by atoms with Crippen LogP contribution in [0.25, 0.3) is 0 Å². The van der Waals surface area contributed by atoms with E-state index in [0.29, 0.717) is 23.1 Å². The number of anilines is 1. The van der Waals surface area contributed by atoms with Gasteiger partial charge in [0.2, 0.25) is 0 Å². The molecule has 0 bridgehead atoms. The van der Waals surface area contributed by atoms with Gasteiger partial charge in [-0.25, -0.2) is 4.98 Å². The minimum atomic E-state index is 0.307. The molecule has 17 heavy (non-hydrogen) atoms. The van der Waals surface area contributed by atoms with E-state index in [-0.39, 0.29) is 0 Å². The standard InChI is InChI=1S/C12H12Cl2N2O/c1-16(8-9-3-2-6-17-9)12-5-4-10(14)11(7-13)15-12/h2-6H,7-8H2,1H3. The van der Waals surface area contributed by atoms with E-state index in [9.17, 15) is 0 Å². The number of hydrogen-bond acceptors (Lipinski definition) is 3. The molecule has 0 atom stereocenters. The largest absolute Gasteiger partial charge is 0.467 e. The third-order valence-corrected chi connectivity index (χ3v) is 2.99. The summed E-state index contributed by atoms with van der Waals surface area (Å²) >= 11 is 11.7. The van der Waals surface area contributed by atoms with Gasteiger partial charge in [-0.05, 0) is 24.3 Å². The molecule has 0 saturated heterocycles. The third kappa shape index (κ3) is 2.93.